The van der Waals surface area contributed by atoms with Gasteiger partial charge in [-0.05, 0) is 55.5 Å². The number of carbonyl (C=O) groups excluding carboxylic acids is 1. The summed E-state index contributed by atoms with van der Waals surface area (Å²) in [6, 6.07) is 21.6. The highest BCUT2D eigenvalue weighted by Crippen LogP contribution is 2.25. The lowest BCUT2D eigenvalue weighted by Crippen LogP contribution is -2.22. The SMILES string of the molecule is CCOc1ccc(C(=O)CSc2nnc3n(-c4cccc(OC)c4)c(=O)c4ccccc4n23)cc1. The van der Waals surface area contributed by atoms with Gasteiger partial charge in [0.25, 0.3) is 5.56 Å². The van der Waals surface area contributed by atoms with Crippen molar-refractivity contribution in [1.29, 1.82) is 0 Å². The Balaban J connectivity index is 1.55. The molecule has 8 nitrogen and oxygen atoms in total. The highest BCUT2D eigenvalue weighted by molar-refractivity contribution is 7.99. The predicted octanol–water partition coefficient (Wildman–Crippen LogP) is 4.42. The van der Waals surface area contributed by atoms with Crippen LogP contribution in [0.25, 0.3) is 22.4 Å². The van der Waals surface area contributed by atoms with Crippen molar-refractivity contribution < 1.29 is 14.3 Å². The molecule has 0 bridgehead atoms. The normalized spacial score (nSPS) is 11.1. The molecule has 0 aliphatic rings. The highest BCUT2D eigenvalue weighted by atomic mass is 32.2. The molecule has 0 aliphatic heterocycles. The minimum atomic E-state index is -0.212. The highest BCUT2D eigenvalue weighted by Gasteiger charge is 2.19. The average molecular weight is 487 g/mol. The van der Waals surface area contributed by atoms with Crippen LogP contribution in [0, 0.1) is 0 Å². The van der Waals surface area contributed by atoms with Gasteiger partial charge in [0.2, 0.25) is 5.78 Å². The van der Waals surface area contributed by atoms with E-state index in [9.17, 15) is 9.59 Å². The summed E-state index contributed by atoms with van der Waals surface area (Å²) in [5, 5.41) is 9.70. The van der Waals surface area contributed by atoms with Crippen LogP contribution in [0.4, 0.5) is 0 Å². The Morgan fingerprint density at radius 1 is 0.971 bits per heavy atom. The monoisotopic (exact) mass is 486 g/mol. The van der Waals surface area contributed by atoms with Gasteiger partial charge in [0.15, 0.2) is 10.9 Å². The molecule has 0 N–H and O–H groups in total. The number of fused-ring (bicyclic) bond motifs is 3. The van der Waals surface area contributed by atoms with Crippen LogP contribution < -0.4 is 15.0 Å². The number of hydrogen-bond acceptors (Lipinski definition) is 7. The standard InChI is InChI=1S/C26H22N4O4S/c1-3-34-19-13-11-17(12-14-19)23(31)16-35-26-28-27-25-29(18-7-6-8-20(15-18)33-2)24(32)21-9-4-5-10-22(21)30(25)26/h4-15H,3,16H2,1-2H3. The molecule has 2 heterocycles. The molecule has 0 atom stereocenters. The van der Waals surface area contributed by atoms with E-state index in [0.717, 1.165) is 5.75 Å². The topological polar surface area (TPSA) is 87.7 Å². The van der Waals surface area contributed by atoms with Crippen molar-refractivity contribution in [2.45, 2.75) is 12.1 Å². The fourth-order valence-corrected chi connectivity index (χ4v) is 4.71. The Labute approximate surface area is 205 Å². The van der Waals surface area contributed by atoms with Gasteiger partial charge in [0, 0.05) is 11.6 Å². The molecule has 0 aliphatic carbocycles. The molecule has 5 rings (SSSR count). The van der Waals surface area contributed by atoms with E-state index in [1.807, 2.05) is 47.7 Å². The van der Waals surface area contributed by atoms with Gasteiger partial charge in [-0.2, -0.15) is 0 Å². The van der Waals surface area contributed by atoms with Gasteiger partial charge >= 0.3 is 0 Å². The number of rotatable bonds is 8. The maximum absolute atomic E-state index is 13.4. The van der Waals surface area contributed by atoms with E-state index in [4.69, 9.17) is 9.47 Å². The summed E-state index contributed by atoms with van der Waals surface area (Å²) in [6.07, 6.45) is 0. The zero-order chi connectivity index (χ0) is 24.4. The van der Waals surface area contributed by atoms with Crippen molar-refractivity contribution in [3.8, 4) is 17.2 Å². The molecule has 0 spiro atoms. The number of hydrogen-bond donors (Lipinski definition) is 0. The van der Waals surface area contributed by atoms with Crippen molar-refractivity contribution in [2.24, 2.45) is 0 Å². The second-order valence-electron chi connectivity index (χ2n) is 7.65. The lowest BCUT2D eigenvalue weighted by Gasteiger charge is -2.12. The Kier molecular flexibility index (Phi) is 6.24. The smallest absolute Gasteiger partial charge is 0.267 e. The Morgan fingerprint density at radius 2 is 1.77 bits per heavy atom. The van der Waals surface area contributed by atoms with Crippen LogP contribution in [0.15, 0.2) is 82.7 Å². The van der Waals surface area contributed by atoms with Crippen molar-refractivity contribution in [3.63, 3.8) is 0 Å². The summed E-state index contributed by atoms with van der Waals surface area (Å²) in [5.74, 6) is 1.83. The van der Waals surface area contributed by atoms with E-state index in [0.29, 0.717) is 45.4 Å². The summed E-state index contributed by atoms with van der Waals surface area (Å²) >= 11 is 1.27. The second-order valence-corrected chi connectivity index (χ2v) is 8.59. The van der Waals surface area contributed by atoms with Crippen molar-refractivity contribution in [3.05, 3.63) is 88.7 Å². The third kappa shape index (κ3) is 4.26. The number of methoxy groups -OCH3 is 1. The summed E-state index contributed by atoms with van der Waals surface area (Å²) in [5.41, 5.74) is 1.66. The number of thioether (sulfide) groups is 1. The van der Waals surface area contributed by atoms with Crippen LogP contribution in [0.2, 0.25) is 0 Å². The number of ether oxygens (including phenoxy) is 2. The molecule has 0 saturated heterocycles. The number of para-hydroxylation sites is 1. The van der Waals surface area contributed by atoms with E-state index >= 15 is 0 Å². The minimum absolute atomic E-state index is 0.0415. The summed E-state index contributed by atoms with van der Waals surface area (Å²) in [6.45, 7) is 2.48. The first-order valence-corrected chi connectivity index (χ1v) is 12.0. The Hall–Kier alpha value is -4.11. The van der Waals surface area contributed by atoms with Crippen LogP contribution in [0.5, 0.6) is 11.5 Å². The second kappa shape index (κ2) is 9.63. The summed E-state index contributed by atoms with van der Waals surface area (Å²) in [4.78, 5) is 26.3. The number of Topliss-reactive ketones (excluding diaryl/α,β-unsaturated/α-hetero) is 1. The first kappa shape index (κ1) is 22.7. The van der Waals surface area contributed by atoms with Crippen LogP contribution in [-0.4, -0.2) is 44.4 Å². The largest absolute Gasteiger partial charge is 0.497 e. The molecule has 3 aromatic carbocycles. The molecule has 176 valence electrons. The number of benzene rings is 3. The van der Waals surface area contributed by atoms with E-state index in [2.05, 4.69) is 10.2 Å². The van der Waals surface area contributed by atoms with E-state index in [-0.39, 0.29) is 17.1 Å². The Morgan fingerprint density at radius 3 is 2.54 bits per heavy atom. The van der Waals surface area contributed by atoms with Gasteiger partial charge < -0.3 is 9.47 Å². The molecule has 0 amide bonds. The molecular formula is C26H22N4O4S. The maximum Gasteiger partial charge on any atom is 0.267 e. The van der Waals surface area contributed by atoms with Crippen LogP contribution in [-0.2, 0) is 0 Å². The third-order valence-electron chi connectivity index (χ3n) is 5.53. The maximum atomic E-state index is 13.4. The minimum Gasteiger partial charge on any atom is -0.497 e. The number of aromatic nitrogens is 4. The van der Waals surface area contributed by atoms with Crippen LogP contribution in [0.3, 0.4) is 0 Å². The molecule has 2 aromatic heterocycles. The number of nitrogens with zero attached hydrogens (tertiary/aromatic N) is 4. The van der Waals surface area contributed by atoms with Gasteiger partial charge in [-0.3, -0.25) is 14.0 Å². The first-order valence-electron chi connectivity index (χ1n) is 11.0. The van der Waals surface area contributed by atoms with Gasteiger partial charge in [-0.25, -0.2) is 4.57 Å². The third-order valence-corrected chi connectivity index (χ3v) is 6.45. The molecular weight excluding hydrogens is 464 g/mol. The fourth-order valence-electron chi connectivity index (χ4n) is 3.87. The first-order chi connectivity index (χ1) is 17.1. The zero-order valence-corrected chi connectivity index (χ0v) is 20.0. The number of ketones is 1. The molecule has 35 heavy (non-hydrogen) atoms. The zero-order valence-electron chi connectivity index (χ0n) is 19.2. The van der Waals surface area contributed by atoms with Crippen molar-refractivity contribution in [1.82, 2.24) is 19.2 Å². The molecule has 0 fully saturated rings. The van der Waals surface area contributed by atoms with Gasteiger partial charge in [0.05, 0.1) is 36.1 Å². The summed E-state index contributed by atoms with van der Waals surface area (Å²) < 4.78 is 14.1. The summed E-state index contributed by atoms with van der Waals surface area (Å²) in [7, 11) is 1.57. The van der Waals surface area contributed by atoms with Crippen LogP contribution >= 0.6 is 11.8 Å². The molecule has 9 heteroatoms. The van der Waals surface area contributed by atoms with E-state index < -0.39 is 0 Å². The predicted molar refractivity (Wildman–Crippen MR) is 135 cm³/mol. The number of carbonyl (C=O) groups is 1. The quantitative estimate of drug-likeness (QED) is 0.237. The van der Waals surface area contributed by atoms with Gasteiger partial charge in [0.1, 0.15) is 11.5 Å². The lowest BCUT2D eigenvalue weighted by atomic mass is 10.1. The molecule has 0 saturated carbocycles. The van der Waals surface area contributed by atoms with Gasteiger partial charge in [-0.1, -0.05) is 30.0 Å². The van der Waals surface area contributed by atoms with Crippen molar-refractivity contribution >= 4 is 34.2 Å². The molecule has 0 unspecified atom stereocenters. The fraction of sp³-hybridized carbons (Fsp3) is 0.154. The Bertz CT molecular complexity index is 1590. The lowest BCUT2D eigenvalue weighted by molar-refractivity contribution is 0.102. The van der Waals surface area contributed by atoms with Gasteiger partial charge in [-0.15, -0.1) is 10.2 Å². The van der Waals surface area contributed by atoms with E-state index in [1.54, 1.807) is 43.5 Å². The molecule has 0 radical (unpaired) electrons. The van der Waals surface area contributed by atoms with Crippen LogP contribution in [0.1, 0.15) is 17.3 Å². The molecule has 5 aromatic rings. The van der Waals surface area contributed by atoms with E-state index in [1.165, 1.54) is 16.3 Å². The average Bonchev–Trinajstić information content (AvgIpc) is 3.32. The van der Waals surface area contributed by atoms with Crippen molar-refractivity contribution in [2.75, 3.05) is 19.5 Å².